The highest BCUT2D eigenvalue weighted by Crippen LogP contribution is 2.30. The van der Waals surface area contributed by atoms with Gasteiger partial charge in [0.2, 0.25) is 11.6 Å². The van der Waals surface area contributed by atoms with Crippen molar-refractivity contribution < 1.29 is 19.1 Å². The lowest BCUT2D eigenvalue weighted by Crippen LogP contribution is -2.36. The molecule has 0 aromatic heterocycles. The van der Waals surface area contributed by atoms with Gasteiger partial charge in [0.05, 0.1) is 11.4 Å². The number of nitrogens with one attached hydrogen (secondary N) is 1. The van der Waals surface area contributed by atoms with Crippen molar-refractivity contribution in [2.45, 2.75) is 20.1 Å². The minimum Gasteiger partial charge on any atom is -0.376 e. The number of ether oxygens (including phenoxy) is 2. The Balaban J connectivity index is 2.25. The molecule has 0 heterocycles. The van der Waals surface area contributed by atoms with Gasteiger partial charge < -0.3 is 14.8 Å². The summed E-state index contributed by atoms with van der Waals surface area (Å²) in [5, 5.41) is 3.05. The second-order valence-corrected chi connectivity index (χ2v) is 5.65. The summed E-state index contributed by atoms with van der Waals surface area (Å²) in [7, 11) is 0. The number of carbonyl (C=O) groups is 2. The molecule has 1 aliphatic rings. The van der Waals surface area contributed by atoms with Crippen LogP contribution in [0.5, 0.6) is 0 Å². The van der Waals surface area contributed by atoms with Crippen LogP contribution in [0, 0.1) is 0 Å². The van der Waals surface area contributed by atoms with Gasteiger partial charge >= 0.3 is 0 Å². The van der Waals surface area contributed by atoms with E-state index in [1.165, 1.54) is 11.8 Å². The maximum absolute atomic E-state index is 12.7. The van der Waals surface area contributed by atoms with E-state index in [0.29, 0.717) is 41.5 Å². The van der Waals surface area contributed by atoms with Gasteiger partial charge in [0, 0.05) is 24.3 Å². The number of benzene rings is 1. The molecule has 0 amide bonds. The fraction of sp³-hybridized carbons (Fsp3) is 0.412. The van der Waals surface area contributed by atoms with Crippen LogP contribution in [-0.4, -0.2) is 43.9 Å². The first kappa shape index (κ1) is 17.7. The van der Waals surface area contributed by atoms with Gasteiger partial charge in [0.1, 0.15) is 5.70 Å². The molecule has 0 radical (unpaired) electrons. The summed E-state index contributed by atoms with van der Waals surface area (Å²) in [6.07, 6.45) is 1.33. The third kappa shape index (κ3) is 3.83. The third-order valence-electron chi connectivity index (χ3n) is 3.43. The molecule has 23 heavy (non-hydrogen) atoms. The third-order valence-corrected chi connectivity index (χ3v) is 4.23. The lowest BCUT2D eigenvalue weighted by atomic mass is 9.92. The Kier molecular flexibility index (Phi) is 6.38. The Bertz CT molecular complexity index is 621. The number of hydrogen-bond donors (Lipinski definition) is 1. The number of Topliss-reactive ketones (excluding diaryl/α,β-unsaturated/α-hetero) is 2. The van der Waals surface area contributed by atoms with Crippen molar-refractivity contribution in [1.29, 1.82) is 0 Å². The fourth-order valence-corrected chi connectivity index (χ4v) is 3.10. The summed E-state index contributed by atoms with van der Waals surface area (Å²) >= 11 is 1.27. The zero-order valence-corrected chi connectivity index (χ0v) is 14.4. The molecule has 0 unspecified atom stereocenters. The highest BCUT2D eigenvalue weighted by molar-refractivity contribution is 8.03. The van der Waals surface area contributed by atoms with Crippen LogP contribution in [0.15, 0.2) is 34.9 Å². The van der Waals surface area contributed by atoms with E-state index in [-0.39, 0.29) is 11.6 Å². The summed E-state index contributed by atoms with van der Waals surface area (Å²) in [5.41, 5.74) is 1.21. The molecule has 0 aliphatic heterocycles. The largest absolute Gasteiger partial charge is 0.376 e. The molecular weight excluding hydrogens is 314 g/mol. The number of carbonyl (C=O) groups excluding carboxylic acids is 2. The minimum atomic E-state index is -0.458. The topological polar surface area (TPSA) is 64.6 Å². The van der Waals surface area contributed by atoms with Crippen molar-refractivity contribution >= 4 is 23.3 Å². The second-order valence-electron chi connectivity index (χ2n) is 4.83. The number of hydrogen-bond acceptors (Lipinski definition) is 6. The summed E-state index contributed by atoms with van der Waals surface area (Å²) < 4.78 is 10.9. The fourth-order valence-electron chi connectivity index (χ4n) is 2.43. The molecule has 2 rings (SSSR count). The molecule has 6 heteroatoms. The van der Waals surface area contributed by atoms with Crippen LogP contribution in [-0.2, 0) is 9.47 Å². The van der Waals surface area contributed by atoms with Crippen molar-refractivity contribution in [2.24, 2.45) is 0 Å². The normalized spacial score (nSPS) is 14.4. The van der Waals surface area contributed by atoms with Gasteiger partial charge in [0.15, 0.2) is 6.29 Å². The van der Waals surface area contributed by atoms with Crippen molar-refractivity contribution in [3.05, 3.63) is 46.0 Å². The average Bonchev–Trinajstić information content (AvgIpc) is 2.57. The number of allylic oxidation sites excluding steroid dienone is 2. The van der Waals surface area contributed by atoms with Crippen LogP contribution in [0.1, 0.15) is 34.6 Å². The second kappa shape index (κ2) is 8.29. The monoisotopic (exact) mass is 335 g/mol. The number of fused-ring (bicyclic) bond motifs is 1. The van der Waals surface area contributed by atoms with Crippen LogP contribution in [0.4, 0.5) is 0 Å². The zero-order valence-electron chi connectivity index (χ0n) is 13.5. The first-order valence-corrected chi connectivity index (χ1v) is 8.80. The molecule has 1 aliphatic carbocycles. The SMILES string of the molecule is CCOC(CNC1=C(SC)C(=O)c2ccccc2C1=O)OCC. The predicted octanol–water partition coefficient (Wildman–Crippen LogP) is 2.63. The Morgan fingerprint density at radius 3 is 2.13 bits per heavy atom. The Morgan fingerprint density at radius 2 is 1.61 bits per heavy atom. The zero-order chi connectivity index (χ0) is 16.8. The van der Waals surface area contributed by atoms with Crippen LogP contribution in [0.2, 0.25) is 0 Å². The first-order chi connectivity index (χ1) is 11.1. The number of rotatable bonds is 8. The average molecular weight is 335 g/mol. The van der Waals surface area contributed by atoms with Crippen molar-refractivity contribution in [3.8, 4) is 0 Å². The minimum absolute atomic E-state index is 0.125. The lowest BCUT2D eigenvalue weighted by molar-refractivity contribution is -0.131. The molecule has 0 fully saturated rings. The maximum atomic E-state index is 12.7. The summed E-state index contributed by atoms with van der Waals surface area (Å²) in [5.74, 6) is -0.295. The van der Waals surface area contributed by atoms with E-state index >= 15 is 0 Å². The maximum Gasteiger partial charge on any atom is 0.210 e. The summed E-state index contributed by atoms with van der Waals surface area (Å²) in [4.78, 5) is 25.7. The number of ketones is 2. The molecule has 0 saturated carbocycles. The van der Waals surface area contributed by atoms with E-state index in [4.69, 9.17) is 9.47 Å². The van der Waals surface area contributed by atoms with Gasteiger partial charge in [0.25, 0.3) is 0 Å². The molecule has 0 atom stereocenters. The van der Waals surface area contributed by atoms with Gasteiger partial charge in [-0.25, -0.2) is 0 Å². The Labute approximate surface area is 140 Å². The van der Waals surface area contributed by atoms with Crippen molar-refractivity contribution in [1.82, 2.24) is 5.32 Å². The first-order valence-electron chi connectivity index (χ1n) is 7.57. The van der Waals surface area contributed by atoms with Crippen molar-refractivity contribution in [3.63, 3.8) is 0 Å². The van der Waals surface area contributed by atoms with E-state index < -0.39 is 6.29 Å². The molecular formula is C17H21NO4S. The smallest absolute Gasteiger partial charge is 0.210 e. The Morgan fingerprint density at radius 1 is 1.04 bits per heavy atom. The molecule has 0 bridgehead atoms. The standard InChI is InChI=1S/C17H21NO4S/c1-4-21-13(22-5-2)10-18-14-15(19)11-8-6-7-9-12(11)16(20)17(14)23-3/h6-9,13,18H,4-5,10H2,1-3H3. The van der Waals surface area contributed by atoms with Gasteiger partial charge in [-0.1, -0.05) is 24.3 Å². The van der Waals surface area contributed by atoms with Crippen LogP contribution >= 0.6 is 11.8 Å². The molecule has 1 aromatic rings. The highest BCUT2D eigenvalue weighted by atomic mass is 32.2. The van der Waals surface area contributed by atoms with Gasteiger partial charge in [-0.2, -0.15) is 0 Å². The van der Waals surface area contributed by atoms with Crippen LogP contribution in [0.3, 0.4) is 0 Å². The summed E-state index contributed by atoms with van der Waals surface area (Å²) in [6, 6.07) is 6.89. The molecule has 5 nitrogen and oxygen atoms in total. The van der Waals surface area contributed by atoms with Gasteiger partial charge in [-0.3, -0.25) is 9.59 Å². The molecule has 124 valence electrons. The van der Waals surface area contributed by atoms with E-state index in [1.54, 1.807) is 30.5 Å². The summed E-state index contributed by atoms with van der Waals surface area (Å²) in [6.45, 7) is 5.09. The van der Waals surface area contributed by atoms with Crippen LogP contribution < -0.4 is 5.32 Å². The van der Waals surface area contributed by atoms with E-state index in [2.05, 4.69) is 5.32 Å². The van der Waals surface area contributed by atoms with Crippen molar-refractivity contribution in [2.75, 3.05) is 26.0 Å². The van der Waals surface area contributed by atoms with Gasteiger partial charge in [-0.15, -0.1) is 11.8 Å². The van der Waals surface area contributed by atoms with E-state index in [9.17, 15) is 9.59 Å². The lowest BCUT2D eigenvalue weighted by Gasteiger charge is -2.23. The molecule has 1 N–H and O–H groups in total. The van der Waals surface area contributed by atoms with E-state index in [1.807, 2.05) is 13.8 Å². The van der Waals surface area contributed by atoms with E-state index in [0.717, 1.165) is 0 Å². The van der Waals surface area contributed by atoms with Crippen LogP contribution in [0.25, 0.3) is 0 Å². The van der Waals surface area contributed by atoms with Gasteiger partial charge in [-0.05, 0) is 20.1 Å². The molecule has 0 saturated heterocycles. The number of thioether (sulfide) groups is 1. The molecule has 1 aromatic carbocycles. The quantitative estimate of drug-likeness (QED) is 0.737. The Hall–Kier alpha value is -1.63. The molecule has 0 spiro atoms. The predicted molar refractivity (Wildman–Crippen MR) is 90.7 cm³/mol. The highest BCUT2D eigenvalue weighted by Gasteiger charge is 2.31.